The summed E-state index contributed by atoms with van der Waals surface area (Å²) in [5.41, 5.74) is 0.400. The van der Waals surface area contributed by atoms with Crippen molar-refractivity contribution < 1.29 is 0 Å². The Morgan fingerprint density at radius 1 is 1.22 bits per heavy atom. The zero-order valence-corrected chi connectivity index (χ0v) is 12.3. The fourth-order valence-corrected chi connectivity index (χ4v) is 3.04. The zero-order valence-electron chi connectivity index (χ0n) is 12.3. The second kappa shape index (κ2) is 6.88. The highest BCUT2D eigenvalue weighted by Crippen LogP contribution is 2.28. The second-order valence-electron chi connectivity index (χ2n) is 6.95. The molecule has 0 bridgehead atoms. The number of rotatable bonds is 7. The van der Waals surface area contributed by atoms with Gasteiger partial charge in [0.25, 0.3) is 0 Å². The first-order valence-electron chi connectivity index (χ1n) is 7.79. The van der Waals surface area contributed by atoms with Gasteiger partial charge in [0, 0.05) is 39.3 Å². The van der Waals surface area contributed by atoms with E-state index in [0.717, 1.165) is 25.6 Å². The number of hydrogen-bond donors (Lipinski definition) is 2. The minimum Gasteiger partial charge on any atom is -0.316 e. The summed E-state index contributed by atoms with van der Waals surface area (Å²) in [5, 5.41) is 7.09. The smallest absolute Gasteiger partial charge is 0.0108 e. The molecule has 18 heavy (non-hydrogen) atoms. The van der Waals surface area contributed by atoms with Crippen LogP contribution in [0.4, 0.5) is 0 Å². The summed E-state index contributed by atoms with van der Waals surface area (Å²) < 4.78 is 0. The Labute approximate surface area is 113 Å². The van der Waals surface area contributed by atoms with Crippen LogP contribution in [0.15, 0.2) is 0 Å². The molecule has 1 heterocycles. The van der Waals surface area contributed by atoms with Crippen LogP contribution in [0.1, 0.15) is 39.5 Å². The molecule has 1 aliphatic carbocycles. The highest BCUT2D eigenvalue weighted by atomic mass is 15.2. The molecule has 3 heteroatoms. The van der Waals surface area contributed by atoms with Gasteiger partial charge in [0.2, 0.25) is 0 Å². The molecule has 0 unspecified atom stereocenters. The Bertz CT molecular complexity index is 230. The van der Waals surface area contributed by atoms with Gasteiger partial charge in [0.05, 0.1) is 0 Å². The minimum atomic E-state index is 0.400. The van der Waals surface area contributed by atoms with Gasteiger partial charge in [-0.25, -0.2) is 0 Å². The molecular formula is C15H31N3. The van der Waals surface area contributed by atoms with Gasteiger partial charge in [0.15, 0.2) is 0 Å². The Kier molecular flexibility index (Phi) is 5.46. The van der Waals surface area contributed by atoms with Crippen LogP contribution in [0.5, 0.6) is 0 Å². The molecule has 0 atom stereocenters. The number of piperazine rings is 1. The van der Waals surface area contributed by atoms with E-state index >= 15 is 0 Å². The molecule has 0 aromatic heterocycles. The fourth-order valence-electron chi connectivity index (χ4n) is 3.04. The monoisotopic (exact) mass is 253 g/mol. The second-order valence-corrected chi connectivity index (χ2v) is 6.95. The van der Waals surface area contributed by atoms with Crippen molar-refractivity contribution in [2.75, 3.05) is 45.8 Å². The van der Waals surface area contributed by atoms with Gasteiger partial charge in [0.1, 0.15) is 0 Å². The van der Waals surface area contributed by atoms with E-state index in [0.29, 0.717) is 5.41 Å². The van der Waals surface area contributed by atoms with Gasteiger partial charge in [-0.1, -0.05) is 33.1 Å². The van der Waals surface area contributed by atoms with Crippen molar-refractivity contribution in [3.8, 4) is 0 Å². The van der Waals surface area contributed by atoms with E-state index in [1.54, 1.807) is 0 Å². The van der Waals surface area contributed by atoms with Gasteiger partial charge in [-0.2, -0.15) is 0 Å². The van der Waals surface area contributed by atoms with Crippen molar-refractivity contribution in [3.63, 3.8) is 0 Å². The first kappa shape index (κ1) is 14.3. The summed E-state index contributed by atoms with van der Waals surface area (Å²) in [6.45, 7) is 13.1. The molecule has 2 fully saturated rings. The summed E-state index contributed by atoms with van der Waals surface area (Å²) in [7, 11) is 0. The van der Waals surface area contributed by atoms with Crippen LogP contribution in [0.25, 0.3) is 0 Å². The predicted octanol–water partition coefficient (Wildman–Crippen LogP) is 1.70. The topological polar surface area (TPSA) is 27.3 Å². The number of hydrogen-bond acceptors (Lipinski definition) is 3. The maximum absolute atomic E-state index is 3.67. The van der Waals surface area contributed by atoms with Crippen molar-refractivity contribution in [2.45, 2.75) is 39.5 Å². The lowest BCUT2D eigenvalue weighted by molar-refractivity contribution is 0.157. The maximum Gasteiger partial charge on any atom is 0.0108 e. The molecule has 1 saturated heterocycles. The first-order chi connectivity index (χ1) is 8.66. The summed E-state index contributed by atoms with van der Waals surface area (Å²) in [5.74, 6) is 1.04. The van der Waals surface area contributed by atoms with Crippen LogP contribution in [0.3, 0.4) is 0 Å². The average Bonchev–Trinajstić information content (AvgIpc) is 2.27. The molecule has 0 aromatic carbocycles. The van der Waals surface area contributed by atoms with Gasteiger partial charge in [-0.15, -0.1) is 0 Å². The molecule has 3 nitrogen and oxygen atoms in total. The van der Waals surface area contributed by atoms with Crippen LogP contribution >= 0.6 is 0 Å². The van der Waals surface area contributed by atoms with Crippen molar-refractivity contribution >= 4 is 0 Å². The normalized spacial score (nSPS) is 23.0. The predicted molar refractivity (Wildman–Crippen MR) is 77.9 cm³/mol. The van der Waals surface area contributed by atoms with Crippen molar-refractivity contribution in [3.05, 3.63) is 0 Å². The largest absolute Gasteiger partial charge is 0.316 e. The summed E-state index contributed by atoms with van der Waals surface area (Å²) in [4.78, 5) is 2.60. The lowest BCUT2D eigenvalue weighted by atomic mass is 9.83. The van der Waals surface area contributed by atoms with E-state index < -0.39 is 0 Å². The quantitative estimate of drug-likeness (QED) is 0.676. The number of nitrogens with zero attached hydrogens (tertiary/aromatic N) is 1. The molecule has 0 radical (unpaired) electrons. The van der Waals surface area contributed by atoms with Gasteiger partial charge in [-0.3, -0.25) is 0 Å². The Balaban J connectivity index is 1.56. The maximum atomic E-state index is 3.67. The van der Waals surface area contributed by atoms with Crippen LogP contribution in [0.2, 0.25) is 0 Å². The summed E-state index contributed by atoms with van der Waals surface area (Å²) in [6, 6.07) is 0. The minimum absolute atomic E-state index is 0.400. The standard InChI is InChI=1S/C15H31N3/c1-15(2,13-18-10-8-16-9-11-18)12-17-7-6-14-4-3-5-14/h14,16-17H,3-13H2,1-2H3. The van der Waals surface area contributed by atoms with E-state index in [-0.39, 0.29) is 0 Å². The highest BCUT2D eigenvalue weighted by Gasteiger charge is 2.23. The van der Waals surface area contributed by atoms with Crippen LogP contribution in [-0.4, -0.2) is 50.7 Å². The molecule has 2 N–H and O–H groups in total. The molecule has 106 valence electrons. The lowest BCUT2D eigenvalue weighted by Gasteiger charge is -2.35. The average molecular weight is 253 g/mol. The molecule has 1 aliphatic heterocycles. The van der Waals surface area contributed by atoms with Crippen LogP contribution in [0, 0.1) is 11.3 Å². The van der Waals surface area contributed by atoms with Crippen molar-refractivity contribution in [1.29, 1.82) is 0 Å². The molecule has 0 spiro atoms. The molecular weight excluding hydrogens is 222 g/mol. The Morgan fingerprint density at radius 3 is 2.56 bits per heavy atom. The number of nitrogens with one attached hydrogen (secondary N) is 2. The van der Waals surface area contributed by atoms with Gasteiger partial charge >= 0.3 is 0 Å². The van der Waals surface area contributed by atoms with Gasteiger partial charge < -0.3 is 15.5 Å². The van der Waals surface area contributed by atoms with E-state index in [9.17, 15) is 0 Å². The van der Waals surface area contributed by atoms with E-state index in [2.05, 4.69) is 29.4 Å². The molecule has 1 saturated carbocycles. The summed E-state index contributed by atoms with van der Waals surface area (Å²) in [6.07, 6.45) is 5.82. The zero-order chi connectivity index (χ0) is 12.8. The van der Waals surface area contributed by atoms with Gasteiger partial charge in [-0.05, 0) is 24.3 Å². The SMILES string of the molecule is CC(C)(CNCCC1CCC1)CN1CCNCC1. The van der Waals surface area contributed by atoms with E-state index in [1.165, 1.54) is 51.9 Å². The van der Waals surface area contributed by atoms with Crippen LogP contribution in [-0.2, 0) is 0 Å². The van der Waals surface area contributed by atoms with Crippen molar-refractivity contribution in [1.82, 2.24) is 15.5 Å². The Morgan fingerprint density at radius 2 is 1.94 bits per heavy atom. The first-order valence-corrected chi connectivity index (χ1v) is 7.79. The molecule has 2 aliphatic rings. The fraction of sp³-hybridized carbons (Fsp3) is 1.00. The van der Waals surface area contributed by atoms with E-state index in [1.807, 2.05) is 0 Å². The van der Waals surface area contributed by atoms with Crippen molar-refractivity contribution in [2.24, 2.45) is 11.3 Å². The Hall–Kier alpha value is -0.120. The molecule has 0 aromatic rings. The summed E-state index contributed by atoms with van der Waals surface area (Å²) >= 11 is 0. The van der Waals surface area contributed by atoms with E-state index in [4.69, 9.17) is 0 Å². The third kappa shape index (κ3) is 4.87. The molecule has 0 amide bonds. The molecule has 2 rings (SSSR count). The third-order valence-electron chi connectivity index (χ3n) is 4.42. The third-order valence-corrected chi connectivity index (χ3v) is 4.42. The highest BCUT2D eigenvalue weighted by molar-refractivity contribution is 4.79. The van der Waals surface area contributed by atoms with Crippen LogP contribution < -0.4 is 10.6 Å². The lowest BCUT2D eigenvalue weighted by Crippen LogP contribution is -2.48.